The van der Waals surface area contributed by atoms with Crippen molar-refractivity contribution in [2.75, 3.05) is 18.2 Å². The molecular formula is C9H20ClNO3S. The molecule has 0 saturated heterocycles. The first-order chi connectivity index (χ1) is 7.02. The normalized spacial score (nSPS) is 14.1. The number of unbranched alkanes of at least 4 members (excludes halogenated alkanes) is 1. The number of nitrogens with one attached hydrogen (secondary N) is 1. The summed E-state index contributed by atoms with van der Waals surface area (Å²) in [5, 5.41) is 9.22. The predicted molar refractivity (Wildman–Crippen MR) is 62.7 cm³/mol. The maximum absolute atomic E-state index is 11.3. The molecule has 0 bridgehead atoms. The minimum absolute atomic E-state index is 0.113. The number of aliphatic hydroxyl groups excluding tert-OH is 1. The van der Waals surface area contributed by atoms with Gasteiger partial charge in [-0.15, -0.1) is 11.6 Å². The highest BCUT2D eigenvalue weighted by Gasteiger charge is 2.09. The van der Waals surface area contributed by atoms with Crippen LogP contribution in [0.2, 0.25) is 0 Å². The van der Waals surface area contributed by atoms with Gasteiger partial charge in [0.1, 0.15) is 0 Å². The lowest BCUT2D eigenvalue weighted by Gasteiger charge is -2.09. The fourth-order valence-corrected chi connectivity index (χ4v) is 2.39. The summed E-state index contributed by atoms with van der Waals surface area (Å²) in [5.41, 5.74) is 0. The number of aliphatic hydroxyl groups is 1. The van der Waals surface area contributed by atoms with E-state index in [4.69, 9.17) is 11.6 Å². The maximum atomic E-state index is 11.3. The molecule has 0 spiro atoms. The van der Waals surface area contributed by atoms with Crippen LogP contribution in [0.3, 0.4) is 0 Å². The Morgan fingerprint density at radius 3 is 2.60 bits per heavy atom. The molecule has 0 heterocycles. The zero-order valence-electron chi connectivity index (χ0n) is 9.08. The zero-order chi connectivity index (χ0) is 11.7. The predicted octanol–water partition coefficient (Wildman–Crippen LogP) is 1.09. The average Bonchev–Trinajstić information content (AvgIpc) is 2.17. The molecule has 92 valence electrons. The largest absolute Gasteiger partial charge is 0.393 e. The average molecular weight is 258 g/mol. The molecule has 6 heteroatoms. The third-order valence-corrected chi connectivity index (χ3v) is 3.80. The first kappa shape index (κ1) is 15.2. The first-order valence-corrected chi connectivity index (χ1v) is 7.42. The van der Waals surface area contributed by atoms with Crippen molar-refractivity contribution < 1.29 is 13.5 Å². The maximum Gasteiger partial charge on any atom is 0.211 e. The number of alkyl halides is 1. The number of rotatable bonds is 9. The summed E-state index contributed by atoms with van der Waals surface area (Å²) < 4.78 is 25.1. The molecule has 0 saturated carbocycles. The van der Waals surface area contributed by atoms with Crippen LogP contribution >= 0.6 is 11.6 Å². The molecule has 0 aliphatic rings. The van der Waals surface area contributed by atoms with Crippen molar-refractivity contribution in [2.24, 2.45) is 0 Å². The Bertz CT molecular complexity index is 244. The third-order valence-electron chi connectivity index (χ3n) is 2.07. The van der Waals surface area contributed by atoms with Crippen LogP contribution in [-0.4, -0.2) is 37.8 Å². The Morgan fingerprint density at radius 1 is 1.40 bits per heavy atom. The summed E-state index contributed by atoms with van der Waals surface area (Å²) in [7, 11) is -3.18. The van der Waals surface area contributed by atoms with Gasteiger partial charge in [-0.3, -0.25) is 0 Å². The molecule has 15 heavy (non-hydrogen) atoms. The minimum Gasteiger partial charge on any atom is -0.393 e. The number of hydrogen-bond donors (Lipinski definition) is 2. The van der Waals surface area contributed by atoms with E-state index in [-0.39, 0.29) is 5.75 Å². The Kier molecular flexibility index (Phi) is 8.42. The monoisotopic (exact) mass is 257 g/mol. The highest BCUT2D eigenvalue weighted by atomic mass is 35.5. The fraction of sp³-hybridized carbons (Fsp3) is 1.00. The van der Waals surface area contributed by atoms with E-state index >= 15 is 0 Å². The molecule has 0 aromatic heterocycles. The van der Waals surface area contributed by atoms with Gasteiger partial charge in [0.05, 0.1) is 11.9 Å². The van der Waals surface area contributed by atoms with Crippen molar-refractivity contribution in [3.8, 4) is 0 Å². The van der Waals surface area contributed by atoms with Crippen LogP contribution in [0, 0.1) is 0 Å². The summed E-state index contributed by atoms with van der Waals surface area (Å²) in [5.74, 6) is 0.603. The van der Waals surface area contributed by atoms with Crippen LogP contribution in [0.25, 0.3) is 0 Å². The van der Waals surface area contributed by atoms with Gasteiger partial charge in [-0.1, -0.05) is 6.92 Å². The standard InChI is InChI=1S/C9H20ClNO3S/c1-2-9(12)5-7-11-15(13,14)8-4-3-6-10/h9,11-12H,2-8H2,1H3. The van der Waals surface area contributed by atoms with E-state index in [2.05, 4.69) is 4.72 Å². The van der Waals surface area contributed by atoms with Crippen molar-refractivity contribution in [2.45, 2.75) is 38.7 Å². The third kappa shape index (κ3) is 9.11. The van der Waals surface area contributed by atoms with Crippen molar-refractivity contribution >= 4 is 21.6 Å². The van der Waals surface area contributed by atoms with Crippen LogP contribution in [0.1, 0.15) is 32.6 Å². The van der Waals surface area contributed by atoms with Crippen LogP contribution in [-0.2, 0) is 10.0 Å². The zero-order valence-corrected chi connectivity index (χ0v) is 10.6. The van der Waals surface area contributed by atoms with E-state index < -0.39 is 16.1 Å². The Hall–Kier alpha value is 0.160. The van der Waals surface area contributed by atoms with Crippen molar-refractivity contribution in [3.63, 3.8) is 0 Å². The van der Waals surface area contributed by atoms with E-state index in [1.165, 1.54) is 0 Å². The Labute approximate surface area is 97.1 Å². The van der Waals surface area contributed by atoms with E-state index in [0.717, 1.165) is 0 Å². The lowest BCUT2D eigenvalue weighted by molar-refractivity contribution is 0.162. The number of hydrogen-bond acceptors (Lipinski definition) is 3. The molecule has 0 rings (SSSR count). The van der Waals surface area contributed by atoms with Gasteiger partial charge < -0.3 is 5.11 Å². The molecule has 1 unspecified atom stereocenters. The number of sulfonamides is 1. The van der Waals surface area contributed by atoms with Crippen LogP contribution in [0.4, 0.5) is 0 Å². The number of halogens is 1. The van der Waals surface area contributed by atoms with Crippen LogP contribution < -0.4 is 4.72 Å². The summed E-state index contributed by atoms with van der Waals surface area (Å²) >= 11 is 5.45. The molecule has 2 N–H and O–H groups in total. The van der Waals surface area contributed by atoms with Crippen molar-refractivity contribution in [1.29, 1.82) is 0 Å². The van der Waals surface area contributed by atoms with Gasteiger partial charge >= 0.3 is 0 Å². The molecule has 0 aliphatic heterocycles. The SMILES string of the molecule is CCC(O)CCNS(=O)(=O)CCCCCl. The Balaban J connectivity index is 3.65. The summed E-state index contributed by atoms with van der Waals surface area (Å²) in [4.78, 5) is 0. The second-order valence-corrected chi connectivity index (χ2v) is 5.76. The molecule has 0 fully saturated rings. The van der Waals surface area contributed by atoms with Gasteiger partial charge in [-0.25, -0.2) is 13.1 Å². The van der Waals surface area contributed by atoms with E-state index in [0.29, 0.717) is 38.1 Å². The van der Waals surface area contributed by atoms with E-state index in [1.54, 1.807) is 0 Å². The van der Waals surface area contributed by atoms with Gasteiger partial charge in [-0.2, -0.15) is 0 Å². The van der Waals surface area contributed by atoms with E-state index in [9.17, 15) is 13.5 Å². The highest BCUT2D eigenvalue weighted by molar-refractivity contribution is 7.89. The smallest absolute Gasteiger partial charge is 0.211 e. The minimum atomic E-state index is -3.18. The molecule has 1 atom stereocenters. The summed E-state index contributed by atoms with van der Waals surface area (Å²) in [6.45, 7) is 2.16. The quantitative estimate of drug-likeness (QED) is 0.480. The van der Waals surface area contributed by atoms with Gasteiger partial charge in [0.25, 0.3) is 0 Å². The van der Waals surface area contributed by atoms with Crippen molar-refractivity contribution in [3.05, 3.63) is 0 Å². The van der Waals surface area contributed by atoms with Gasteiger partial charge in [0, 0.05) is 12.4 Å². The van der Waals surface area contributed by atoms with Crippen molar-refractivity contribution in [1.82, 2.24) is 4.72 Å². The molecule has 0 aromatic rings. The topological polar surface area (TPSA) is 66.4 Å². The van der Waals surface area contributed by atoms with Gasteiger partial charge in [0.15, 0.2) is 0 Å². The molecule has 4 nitrogen and oxygen atoms in total. The summed E-state index contributed by atoms with van der Waals surface area (Å²) in [6, 6.07) is 0. The second-order valence-electron chi connectivity index (χ2n) is 3.46. The molecule has 0 aromatic carbocycles. The molecule has 0 amide bonds. The molecule has 0 aliphatic carbocycles. The molecular weight excluding hydrogens is 238 g/mol. The van der Waals surface area contributed by atoms with Crippen LogP contribution in [0.15, 0.2) is 0 Å². The van der Waals surface area contributed by atoms with Gasteiger partial charge in [-0.05, 0) is 25.7 Å². The van der Waals surface area contributed by atoms with E-state index in [1.807, 2.05) is 6.92 Å². The summed E-state index contributed by atoms with van der Waals surface area (Å²) in [6.07, 6.45) is 1.98. The Morgan fingerprint density at radius 2 is 2.07 bits per heavy atom. The van der Waals surface area contributed by atoms with Crippen LogP contribution in [0.5, 0.6) is 0 Å². The first-order valence-electron chi connectivity index (χ1n) is 5.23. The lowest BCUT2D eigenvalue weighted by atomic mass is 10.2. The molecule has 0 radical (unpaired) electrons. The fourth-order valence-electron chi connectivity index (χ4n) is 1.04. The lowest BCUT2D eigenvalue weighted by Crippen LogP contribution is -2.29. The highest BCUT2D eigenvalue weighted by Crippen LogP contribution is 1.98. The van der Waals surface area contributed by atoms with Gasteiger partial charge in [0.2, 0.25) is 10.0 Å². The second kappa shape index (κ2) is 8.33.